The minimum absolute atomic E-state index is 0.00572. The third-order valence-corrected chi connectivity index (χ3v) is 8.90. The van der Waals surface area contributed by atoms with E-state index in [4.69, 9.17) is 21.0 Å². The molecular weight excluding hydrogens is 610 g/mol. The number of aromatic nitrogens is 1. The molecule has 0 bridgehead atoms. The second-order valence-electron chi connectivity index (χ2n) is 10.9. The highest BCUT2D eigenvalue weighted by Crippen LogP contribution is 2.32. The number of nitrogens with zero attached hydrogens (tertiary/aromatic N) is 2. The molecule has 0 spiro atoms. The summed E-state index contributed by atoms with van der Waals surface area (Å²) in [7, 11) is 0. The van der Waals surface area contributed by atoms with Crippen molar-refractivity contribution in [3.05, 3.63) is 143 Å². The SMILES string of the molecule is CC1=C(C(=O)Nc2ccccc2)[C@H](c2ccc(C(C)C)cc2)n2c(s/c(=C\c3ccc(-c4ccc(C(=O)O)c(Cl)c4)o3)c2=O)=N1. The molecule has 1 aliphatic rings. The van der Waals surface area contributed by atoms with E-state index in [1.54, 1.807) is 35.8 Å². The molecule has 45 heavy (non-hydrogen) atoms. The minimum atomic E-state index is -1.12. The smallest absolute Gasteiger partial charge is 0.337 e. The van der Waals surface area contributed by atoms with E-state index in [9.17, 15) is 19.5 Å². The number of carbonyl (C=O) groups is 2. The zero-order chi connectivity index (χ0) is 31.8. The molecule has 0 radical (unpaired) electrons. The van der Waals surface area contributed by atoms with Gasteiger partial charge >= 0.3 is 5.97 Å². The third kappa shape index (κ3) is 5.92. The van der Waals surface area contributed by atoms with E-state index in [1.807, 2.05) is 54.6 Å². The van der Waals surface area contributed by atoms with Crippen LogP contribution >= 0.6 is 22.9 Å². The highest BCUT2D eigenvalue weighted by molar-refractivity contribution is 7.07. The number of nitrogens with one attached hydrogen (secondary N) is 1. The third-order valence-electron chi connectivity index (χ3n) is 7.60. The summed E-state index contributed by atoms with van der Waals surface area (Å²) in [6, 6.07) is 24.4. The van der Waals surface area contributed by atoms with Gasteiger partial charge in [-0.25, -0.2) is 9.79 Å². The molecule has 1 atom stereocenters. The van der Waals surface area contributed by atoms with Crippen LogP contribution in [0.4, 0.5) is 5.69 Å². The van der Waals surface area contributed by atoms with Crippen LogP contribution < -0.4 is 20.2 Å². The lowest BCUT2D eigenvalue weighted by molar-refractivity contribution is -0.113. The molecule has 0 aliphatic carbocycles. The first-order valence-electron chi connectivity index (χ1n) is 14.2. The molecule has 0 saturated heterocycles. The quantitative estimate of drug-likeness (QED) is 0.209. The van der Waals surface area contributed by atoms with E-state index in [1.165, 1.54) is 23.5 Å². The van der Waals surface area contributed by atoms with Crippen molar-refractivity contribution >= 4 is 46.6 Å². The molecule has 8 nitrogen and oxygen atoms in total. The number of halogens is 1. The number of allylic oxidation sites excluding steroid dienone is 1. The van der Waals surface area contributed by atoms with Crippen LogP contribution in [-0.2, 0) is 4.79 Å². The number of anilines is 1. The monoisotopic (exact) mass is 637 g/mol. The van der Waals surface area contributed by atoms with Gasteiger partial charge < -0.3 is 14.8 Å². The van der Waals surface area contributed by atoms with Gasteiger partial charge in [-0.2, -0.15) is 0 Å². The Labute approximate surface area is 267 Å². The van der Waals surface area contributed by atoms with Gasteiger partial charge in [0.2, 0.25) is 0 Å². The van der Waals surface area contributed by atoms with Crippen molar-refractivity contribution in [3.8, 4) is 11.3 Å². The van der Waals surface area contributed by atoms with Gasteiger partial charge in [-0.1, -0.05) is 85.3 Å². The predicted molar refractivity (Wildman–Crippen MR) is 175 cm³/mol. The van der Waals surface area contributed by atoms with Crippen molar-refractivity contribution in [1.29, 1.82) is 0 Å². The average molecular weight is 638 g/mol. The number of carbonyl (C=O) groups excluding carboxylic acids is 1. The van der Waals surface area contributed by atoms with E-state index in [2.05, 4.69) is 19.2 Å². The molecule has 0 fully saturated rings. The first kappa shape index (κ1) is 30.1. The number of thiazole rings is 1. The molecule has 6 rings (SSSR count). The molecule has 0 saturated carbocycles. The summed E-state index contributed by atoms with van der Waals surface area (Å²) in [4.78, 5) is 44.3. The predicted octanol–water partition coefficient (Wildman–Crippen LogP) is 6.61. The van der Waals surface area contributed by atoms with Crippen molar-refractivity contribution in [2.75, 3.05) is 5.32 Å². The fourth-order valence-corrected chi connectivity index (χ4v) is 6.55. The molecule has 3 aromatic carbocycles. The summed E-state index contributed by atoms with van der Waals surface area (Å²) in [5.74, 6) is -0.246. The maximum atomic E-state index is 14.0. The molecule has 10 heteroatoms. The lowest BCUT2D eigenvalue weighted by Crippen LogP contribution is -2.40. The number of furan rings is 1. The Morgan fingerprint density at radius 1 is 1.04 bits per heavy atom. The first-order valence-corrected chi connectivity index (χ1v) is 15.4. The van der Waals surface area contributed by atoms with Gasteiger partial charge in [0, 0.05) is 17.3 Å². The van der Waals surface area contributed by atoms with Gasteiger partial charge in [-0.05, 0) is 60.4 Å². The summed E-state index contributed by atoms with van der Waals surface area (Å²) in [5.41, 5.74) is 3.78. The summed E-state index contributed by atoms with van der Waals surface area (Å²) in [6.07, 6.45) is 1.64. The number of aromatic carboxylic acids is 1. The van der Waals surface area contributed by atoms with Crippen LogP contribution in [0.3, 0.4) is 0 Å². The molecule has 2 aromatic heterocycles. The van der Waals surface area contributed by atoms with E-state index >= 15 is 0 Å². The number of fused-ring (bicyclic) bond motifs is 1. The van der Waals surface area contributed by atoms with E-state index in [0.717, 1.165) is 11.1 Å². The first-order chi connectivity index (χ1) is 21.6. The summed E-state index contributed by atoms with van der Waals surface area (Å²) in [6.45, 7) is 6.01. The molecule has 5 aromatic rings. The van der Waals surface area contributed by atoms with Gasteiger partial charge in [0.15, 0.2) is 4.80 Å². The lowest BCUT2D eigenvalue weighted by Gasteiger charge is -2.25. The van der Waals surface area contributed by atoms with Crippen LogP contribution in [0.5, 0.6) is 0 Å². The fourth-order valence-electron chi connectivity index (χ4n) is 5.27. The number of amides is 1. The highest BCUT2D eigenvalue weighted by Gasteiger charge is 2.32. The Morgan fingerprint density at radius 2 is 1.78 bits per heavy atom. The van der Waals surface area contributed by atoms with Gasteiger partial charge in [0.1, 0.15) is 11.5 Å². The molecule has 1 aliphatic heterocycles. The van der Waals surface area contributed by atoms with Crippen molar-refractivity contribution < 1.29 is 19.1 Å². The summed E-state index contributed by atoms with van der Waals surface area (Å²) >= 11 is 7.37. The zero-order valence-corrected chi connectivity index (χ0v) is 26.1. The van der Waals surface area contributed by atoms with Crippen LogP contribution in [0.1, 0.15) is 60.0 Å². The molecule has 3 heterocycles. The van der Waals surface area contributed by atoms with Gasteiger partial charge in [-0.15, -0.1) is 0 Å². The van der Waals surface area contributed by atoms with Crippen LogP contribution in [0.2, 0.25) is 5.02 Å². The molecule has 1 amide bonds. The number of hydrogen-bond donors (Lipinski definition) is 2. The number of rotatable bonds is 7. The normalized spacial score (nSPS) is 14.8. The zero-order valence-electron chi connectivity index (χ0n) is 24.6. The Kier molecular flexibility index (Phi) is 8.14. The topological polar surface area (TPSA) is 114 Å². The van der Waals surface area contributed by atoms with Crippen molar-refractivity contribution in [1.82, 2.24) is 4.57 Å². The number of benzene rings is 3. The second kappa shape index (κ2) is 12.2. The molecular formula is C35H28ClN3O5S. The highest BCUT2D eigenvalue weighted by atomic mass is 35.5. The van der Waals surface area contributed by atoms with Crippen LogP contribution in [-0.4, -0.2) is 21.6 Å². The number of carboxylic acids is 1. The van der Waals surface area contributed by atoms with Crippen molar-refractivity contribution in [2.45, 2.75) is 32.7 Å². The lowest BCUT2D eigenvalue weighted by atomic mass is 9.93. The number of para-hydroxylation sites is 1. The maximum absolute atomic E-state index is 14.0. The van der Waals surface area contributed by atoms with E-state index in [-0.39, 0.29) is 22.1 Å². The Balaban J connectivity index is 1.43. The van der Waals surface area contributed by atoms with Crippen LogP contribution in [0.25, 0.3) is 17.4 Å². The Hall–Kier alpha value is -4.99. The Bertz CT molecular complexity index is 2160. The van der Waals surface area contributed by atoms with Crippen molar-refractivity contribution in [2.24, 2.45) is 4.99 Å². The molecule has 226 valence electrons. The minimum Gasteiger partial charge on any atom is -0.478 e. The van der Waals surface area contributed by atoms with Crippen LogP contribution in [0, 0.1) is 0 Å². The second-order valence-corrected chi connectivity index (χ2v) is 12.3. The van der Waals surface area contributed by atoms with Crippen LogP contribution in [0.15, 0.2) is 110 Å². The number of hydrogen-bond acceptors (Lipinski definition) is 6. The van der Waals surface area contributed by atoms with Gasteiger partial charge in [-0.3, -0.25) is 14.2 Å². The van der Waals surface area contributed by atoms with E-state index in [0.29, 0.717) is 49.3 Å². The van der Waals surface area contributed by atoms with Gasteiger partial charge in [0.05, 0.1) is 32.4 Å². The van der Waals surface area contributed by atoms with E-state index < -0.39 is 12.0 Å². The fraction of sp³-hybridized carbons (Fsp3) is 0.143. The number of carboxylic acid groups (broad SMARTS) is 1. The summed E-state index contributed by atoms with van der Waals surface area (Å²) in [5, 5.41) is 12.3. The largest absolute Gasteiger partial charge is 0.478 e. The average Bonchev–Trinajstić information content (AvgIpc) is 3.60. The Morgan fingerprint density at radius 3 is 2.44 bits per heavy atom. The van der Waals surface area contributed by atoms with Crippen molar-refractivity contribution in [3.63, 3.8) is 0 Å². The maximum Gasteiger partial charge on any atom is 0.337 e. The standard InChI is InChI=1S/C35H28ClN3O5S/c1-19(2)21-9-11-22(12-10-21)31-30(32(40)38-24-7-5-4-6-8-24)20(3)37-35-39(31)33(41)29(45-35)18-25-14-16-28(44-25)23-13-15-26(34(42)43)27(36)17-23/h4-19,31H,1-3H3,(H,38,40)(H,42,43)/b29-18-/t31-/m0/s1. The summed E-state index contributed by atoms with van der Waals surface area (Å²) < 4.78 is 7.96. The molecule has 2 N–H and O–H groups in total. The van der Waals surface area contributed by atoms with Gasteiger partial charge in [0.25, 0.3) is 11.5 Å². The molecule has 0 unspecified atom stereocenters.